The van der Waals surface area contributed by atoms with E-state index in [4.69, 9.17) is 4.42 Å². The van der Waals surface area contributed by atoms with Crippen molar-refractivity contribution in [2.24, 2.45) is 0 Å². The van der Waals surface area contributed by atoms with Crippen LogP contribution < -0.4 is 0 Å². The lowest BCUT2D eigenvalue weighted by atomic mass is 10.2. The number of nitrogens with zero attached hydrogens (tertiary/aromatic N) is 1. The first-order valence-electron chi connectivity index (χ1n) is 4.54. The number of hydrogen-bond acceptors (Lipinski definition) is 2. The summed E-state index contributed by atoms with van der Waals surface area (Å²) >= 11 is 0. The summed E-state index contributed by atoms with van der Waals surface area (Å²) in [6.07, 6.45) is 2.85. The maximum absolute atomic E-state index is 5.53. The molecule has 67 valence electrons. The summed E-state index contributed by atoms with van der Waals surface area (Å²) in [5, 5.41) is 0. The molecule has 1 aromatic carbocycles. The van der Waals surface area contributed by atoms with Crippen molar-refractivity contribution in [3.8, 4) is 0 Å². The number of benzene rings is 1. The fraction of sp³-hybridized carbons (Fsp3) is 0.273. The highest BCUT2D eigenvalue weighted by Gasteiger charge is 2.02. The van der Waals surface area contributed by atoms with Gasteiger partial charge in [-0.3, -0.25) is 0 Å². The van der Waals surface area contributed by atoms with Gasteiger partial charge in [-0.25, -0.2) is 4.98 Å². The maximum Gasteiger partial charge on any atom is 0.195 e. The van der Waals surface area contributed by atoms with E-state index in [0.717, 1.165) is 36.3 Å². The molecular weight excluding hydrogens is 162 g/mol. The molecule has 0 aliphatic carbocycles. The van der Waals surface area contributed by atoms with E-state index < -0.39 is 0 Å². The van der Waals surface area contributed by atoms with E-state index in [-0.39, 0.29) is 0 Å². The van der Waals surface area contributed by atoms with Gasteiger partial charge in [0.1, 0.15) is 5.52 Å². The van der Waals surface area contributed by atoms with E-state index in [9.17, 15) is 0 Å². The lowest BCUT2D eigenvalue weighted by Crippen LogP contribution is -1.82. The van der Waals surface area contributed by atoms with Crippen molar-refractivity contribution in [2.45, 2.75) is 19.3 Å². The minimum atomic E-state index is 0.824. The van der Waals surface area contributed by atoms with E-state index in [0.29, 0.717) is 0 Å². The monoisotopic (exact) mass is 174 g/mol. The van der Waals surface area contributed by atoms with Gasteiger partial charge in [-0.05, 0) is 18.6 Å². The van der Waals surface area contributed by atoms with Crippen molar-refractivity contribution in [1.82, 2.24) is 4.98 Å². The van der Waals surface area contributed by atoms with Crippen LogP contribution in [0, 0.1) is 6.92 Å². The summed E-state index contributed by atoms with van der Waals surface area (Å²) in [4.78, 5) is 4.36. The lowest BCUT2D eigenvalue weighted by molar-refractivity contribution is 0.520. The number of rotatable bonds is 3. The first-order chi connectivity index (χ1) is 6.40. The Labute approximate surface area is 77.6 Å². The Balaban J connectivity index is 2.28. The molecule has 13 heavy (non-hydrogen) atoms. The van der Waals surface area contributed by atoms with Crippen LogP contribution in [0.5, 0.6) is 0 Å². The number of oxazole rings is 1. The molecule has 0 saturated heterocycles. The van der Waals surface area contributed by atoms with E-state index in [1.54, 1.807) is 0 Å². The Morgan fingerprint density at radius 1 is 1.31 bits per heavy atom. The van der Waals surface area contributed by atoms with Crippen molar-refractivity contribution < 1.29 is 4.42 Å². The number of aromatic nitrogens is 1. The van der Waals surface area contributed by atoms with Crippen LogP contribution in [0.3, 0.4) is 0 Å². The minimum Gasteiger partial charge on any atom is -0.441 e. The summed E-state index contributed by atoms with van der Waals surface area (Å²) < 4.78 is 5.53. The molecule has 0 saturated carbocycles. The van der Waals surface area contributed by atoms with Crippen molar-refractivity contribution >= 4 is 11.1 Å². The topological polar surface area (TPSA) is 26.0 Å². The van der Waals surface area contributed by atoms with Gasteiger partial charge in [0, 0.05) is 6.42 Å². The Bertz CT molecular complexity index is 359. The second-order valence-corrected chi connectivity index (χ2v) is 3.03. The number of aryl methyl sites for hydroxylation is 1. The largest absolute Gasteiger partial charge is 0.441 e. The third kappa shape index (κ3) is 1.72. The van der Waals surface area contributed by atoms with Gasteiger partial charge in [-0.1, -0.05) is 25.5 Å². The Morgan fingerprint density at radius 3 is 2.92 bits per heavy atom. The summed E-state index contributed by atoms with van der Waals surface area (Å²) in [6, 6.07) is 7.83. The van der Waals surface area contributed by atoms with Gasteiger partial charge >= 0.3 is 0 Å². The molecule has 0 N–H and O–H groups in total. The smallest absolute Gasteiger partial charge is 0.195 e. The van der Waals surface area contributed by atoms with Gasteiger partial charge in [0.25, 0.3) is 0 Å². The molecular formula is C11H12NO. The molecule has 1 heterocycles. The summed E-state index contributed by atoms with van der Waals surface area (Å²) in [5.41, 5.74) is 1.82. The van der Waals surface area contributed by atoms with Crippen LogP contribution in [-0.4, -0.2) is 4.98 Å². The number of para-hydroxylation sites is 2. The Kier molecular flexibility index (Phi) is 2.30. The van der Waals surface area contributed by atoms with Gasteiger partial charge in [-0.2, -0.15) is 0 Å². The predicted molar refractivity (Wildman–Crippen MR) is 52.3 cm³/mol. The molecule has 0 aliphatic rings. The van der Waals surface area contributed by atoms with Gasteiger partial charge < -0.3 is 4.42 Å². The second kappa shape index (κ2) is 3.60. The van der Waals surface area contributed by atoms with E-state index in [1.165, 1.54) is 0 Å². The zero-order chi connectivity index (χ0) is 9.10. The molecule has 1 aromatic heterocycles. The molecule has 0 unspecified atom stereocenters. The van der Waals surface area contributed by atoms with Gasteiger partial charge in [0.2, 0.25) is 0 Å². The van der Waals surface area contributed by atoms with Crippen LogP contribution >= 0.6 is 0 Å². The predicted octanol–water partition coefficient (Wildman–Crippen LogP) is 2.98. The molecule has 2 heteroatoms. The van der Waals surface area contributed by atoms with Crippen molar-refractivity contribution in [3.05, 3.63) is 37.1 Å². The fourth-order valence-electron chi connectivity index (χ4n) is 1.30. The first-order valence-corrected chi connectivity index (χ1v) is 4.54. The summed E-state index contributed by atoms with van der Waals surface area (Å²) in [5.74, 6) is 0.824. The molecule has 0 amide bonds. The molecule has 0 aliphatic heterocycles. The molecule has 0 atom stereocenters. The van der Waals surface area contributed by atoms with Gasteiger partial charge in [0.05, 0.1) is 0 Å². The first kappa shape index (κ1) is 8.30. The van der Waals surface area contributed by atoms with Crippen LogP contribution in [0.15, 0.2) is 28.7 Å². The molecule has 2 rings (SSSR count). The zero-order valence-electron chi connectivity index (χ0n) is 7.49. The highest BCUT2D eigenvalue weighted by Crippen LogP contribution is 2.15. The third-order valence-corrected chi connectivity index (χ3v) is 1.98. The molecule has 0 bridgehead atoms. The molecule has 1 radical (unpaired) electrons. The van der Waals surface area contributed by atoms with Crippen LogP contribution in [0.1, 0.15) is 18.7 Å². The highest BCUT2D eigenvalue weighted by atomic mass is 16.3. The summed E-state index contributed by atoms with van der Waals surface area (Å²) in [6.45, 7) is 3.79. The quantitative estimate of drug-likeness (QED) is 0.715. The maximum atomic E-state index is 5.53. The lowest BCUT2D eigenvalue weighted by Gasteiger charge is -1.89. The van der Waals surface area contributed by atoms with E-state index >= 15 is 0 Å². The fourth-order valence-corrected chi connectivity index (χ4v) is 1.30. The second-order valence-electron chi connectivity index (χ2n) is 3.03. The van der Waals surface area contributed by atoms with Crippen LogP contribution in [0.4, 0.5) is 0 Å². The Hall–Kier alpha value is -1.31. The normalized spacial score (nSPS) is 10.8. The summed E-state index contributed by atoms with van der Waals surface area (Å²) in [7, 11) is 0. The molecule has 0 fully saturated rings. The Morgan fingerprint density at radius 2 is 2.15 bits per heavy atom. The molecule has 2 nitrogen and oxygen atoms in total. The third-order valence-electron chi connectivity index (χ3n) is 1.98. The number of fused-ring (bicyclic) bond motifs is 1. The minimum absolute atomic E-state index is 0.824. The van der Waals surface area contributed by atoms with Crippen molar-refractivity contribution in [1.29, 1.82) is 0 Å². The molecule has 0 spiro atoms. The van der Waals surface area contributed by atoms with E-state index in [2.05, 4.69) is 11.9 Å². The average molecular weight is 174 g/mol. The van der Waals surface area contributed by atoms with Gasteiger partial charge in [0.15, 0.2) is 11.5 Å². The number of unbranched alkanes of at least 4 members (excludes halogenated alkanes) is 1. The van der Waals surface area contributed by atoms with Crippen molar-refractivity contribution in [2.75, 3.05) is 0 Å². The standard InChI is InChI=1S/C11H12NO/c1-2-3-8-11-12-9-6-4-5-7-10(9)13-11/h4-7H,1-3,8H2. The van der Waals surface area contributed by atoms with Crippen LogP contribution in [0.2, 0.25) is 0 Å². The van der Waals surface area contributed by atoms with E-state index in [1.807, 2.05) is 24.3 Å². The number of hydrogen-bond donors (Lipinski definition) is 0. The molecule has 2 aromatic rings. The van der Waals surface area contributed by atoms with Gasteiger partial charge in [-0.15, -0.1) is 0 Å². The average Bonchev–Trinajstić information content (AvgIpc) is 2.57. The van der Waals surface area contributed by atoms with Crippen LogP contribution in [-0.2, 0) is 6.42 Å². The zero-order valence-corrected chi connectivity index (χ0v) is 7.49. The van der Waals surface area contributed by atoms with Crippen molar-refractivity contribution in [3.63, 3.8) is 0 Å². The highest BCUT2D eigenvalue weighted by molar-refractivity contribution is 5.72. The van der Waals surface area contributed by atoms with Crippen LogP contribution in [0.25, 0.3) is 11.1 Å². The SMILES string of the molecule is [CH2]CCCc1nc2ccccc2o1.